The number of amides is 2. The number of ether oxygens (including phenoxy) is 1. The summed E-state index contributed by atoms with van der Waals surface area (Å²) in [6.07, 6.45) is 1.32. The first-order valence-electron chi connectivity index (χ1n) is 8.77. The topological polar surface area (TPSA) is 74.8 Å². The summed E-state index contributed by atoms with van der Waals surface area (Å²) in [4.78, 5) is 32.3. The Labute approximate surface area is 162 Å². The number of nitrogens with one attached hydrogen (secondary N) is 1. The smallest absolute Gasteiger partial charge is 0.409 e. The van der Waals surface area contributed by atoms with Gasteiger partial charge in [-0.15, -0.1) is 0 Å². The molecule has 1 saturated heterocycles. The van der Waals surface area contributed by atoms with Gasteiger partial charge in [-0.2, -0.15) is 0 Å². The standard InChI is InChI=1S/C19H21ClN4O3/c1-2-27-19(26)24-11-9-23(10-12-24)14-7-8-21-17(13-14)18(25)22-16-6-4-3-5-15(16)20/h3-8,13H,2,9-12H2,1H3,(H,22,25). The summed E-state index contributed by atoms with van der Waals surface area (Å²) in [6, 6.07) is 10.6. The molecular formula is C19H21ClN4O3. The molecule has 27 heavy (non-hydrogen) atoms. The fourth-order valence-corrected chi connectivity index (χ4v) is 3.03. The number of nitrogens with zero attached hydrogens (tertiary/aromatic N) is 3. The van der Waals surface area contributed by atoms with E-state index in [1.54, 1.807) is 48.4 Å². The van der Waals surface area contributed by atoms with Crippen LogP contribution in [-0.2, 0) is 4.74 Å². The predicted molar refractivity (Wildman–Crippen MR) is 104 cm³/mol. The lowest BCUT2D eigenvalue weighted by Crippen LogP contribution is -2.49. The van der Waals surface area contributed by atoms with Gasteiger partial charge in [-0.25, -0.2) is 4.79 Å². The van der Waals surface area contributed by atoms with E-state index in [4.69, 9.17) is 16.3 Å². The number of para-hydroxylation sites is 1. The SMILES string of the molecule is CCOC(=O)N1CCN(c2ccnc(C(=O)Nc3ccccc3Cl)c2)CC1. The van der Waals surface area contributed by atoms with Gasteiger partial charge in [0.05, 0.1) is 17.3 Å². The van der Waals surface area contributed by atoms with Gasteiger partial charge in [0.1, 0.15) is 5.69 Å². The van der Waals surface area contributed by atoms with Crippen molar-refractivity contribution in [3.05, 3.63) is 53.3 Å². The summed E-state index contributed by atoms with van der Waals surface area (Å²) >= 11 is 6.08. The van der Waals surface area contributed by atoms with Crippen LogP contribution in [0.15, 0.2) is 42.6 Å². The fourth-order valence-electron chi connectivity index (χ4n) is 2.85. The van der Waals surface area contributed by atoms with Crippen LogP contribution in [0.25, 0.3) is 0 Å². The van der Waals surface area contributed by atoms with E-state index >= 15 is 0 Å². The minimum atomic E-state index is -0.324. The number of pyridine rings is 1. The molecule has 0 aliphatic carbocycles. The molecule has 0 saturated carbocycles. The average Bonchev–Trinajstić information content (AvgIpc) is 2.70. The van der Waals surface area contributed by atoms with Gasteiger partial charge < -0.3 is 19.9 Å². The van der Waals surface area contributed by atoms with Crippen LogP contribution in [0.4, 0.5) is 16.2 Å². The third-order valence-electron chi connectivity index (χ3n) is 4.27. The molecule has 7 nitrogen and oxygen atoms in total. The van der Waals surface area contributed by atoms with Crippen LogP contribution in [0.3, 0.4) is 0 Å². The molecule has 2 aromatic rings. The number of benzene rings is 1. The Morgan fingerprint density at radius 3 is 2.63 bits per heavy atom. The van der Waals surface area contributed by atoms with Crippen molar-refractivity contribution in [1.29, 1.82) is 0 Å². The Kier molecular flexibility index (Phi) is 6.13. The molecule has 8 heteroatoms. The number of halogens is 1. The van der Waals surface area contributed by atoms with Crippen LogP contribution in [-0.4, -0.2) is 54.7 Å². The van der Waals surface area contributed by atoms with Gasteiger partial charge in [-0.1, -0.05) is 23.7 Å². The summed E-state index contributed by atoms with van der Waals surface area (Å²) < 4.78 is 5.03. The third kappa shape index (κ3) is 4.68. The molecule has 0 unspecified atom stereocenters. The van der Waals surface area contributed by atoms with Crippen LogP contribution in [0, 0.1) is 0 Å². The van der Waals surface area contributed by atoms with Gasteiger partial charge in [0.15, 0.2) is 0 Å². The highest BCUT2D eigenvalue weighted by molar-refractivity contribution is 6.33. The molecule has 2 amide bonds. The molecule has 142 valence electrons. The van der Waals surface area contributed by atoms with Crippen LogP contribution in [0.1, 0.15) is 17.4 Å². The zero-order valence-electron chi connectivity index (χ0n) is 15.0. The Morgan fingerprint density at radius 2 is 1.93 bits per heavy atom. The third-order valence-corrected chi connectivity index (χ3v) is 4.60. The molecule has 0 radical (unpaired) electrons. The molecule has 0 bridgehead atoms. The van der Waals surface area contributed by atoms with Gasteiger partial charge in [0.25, 0.3) is 5.91 Å². The Hall–Kier alpha value is -2.80. The number of rotatable bonds is 4. The second-order valence-corrected chi connectivity index (χ2v) is 6.41. The zero-order chi connectivity index (χ0) is 19.2. The maximum atomic E-state index is 12.5. The zero-order valence-corrected chi connectivity index (χ0v) is 15.8. The van der Waals surface area contributed by atoms with Crippen molar-refractivity contribution in [3.63, 3.8) is 0 Å². The minimum absolute atomic E-state index is 0.285. The molecule has 1 aromatic carbocycles. The molecule has 1 N–H and O–H groups in total. The number of aromatic nitrogens is 1. The first-order chi connectivity index (χ1) is 13.1. The number of piperazine rings is 1. The lowest BCUT2D eigenvalue weighted by Gasteiger charge is -2.35. The second-order valence-electron chi connectivity index (χ2n) is 6.01. The van der Waals surface area contributed by atoms with Crippen molar-refractivity contribution < 1.29 is 14.3 Å². The van der Waals surface area contributed by atoms with E-state index < -0.39 is 0 Å². The summed E-state index contributed by atoms with van der Waals surface area (Å²) in [5.74, 6) is -0.324. The Bertz CT molecular complexity index is 822. The quantitative estimate of drug-likeness (QED) is 0.870. The van der Waals surface area contributed by atoms with Crippen molar-refractivity contribution >= 4 is 35.0 Å². The summed E-state index contributed by atoms with van der Waals surface area (Å²) in [6.45, 7) is 4.63. The number of carbonyl (C=O) groups excluding carboxylic acids is 2. The van der Waals surface area contributed by atoms with E-state index in [1.165, 1.54) is 0 Å². The van der Waals surface area contributed by atoms with E-state index in [1.807, 2.05) is 6.07 Å². The second kappa shape index (κ2) is 8.73. The van der Waals surface area contributed by atoms with E-state index in [2.05, 4.69) is 15.2 Å². The number of anilines is 2. The van der Waals surface area contributed by atoms with Crippen molar-refractivity contribution in [3.8, 4) is 0 Å². The lowest BCUT2D eigenvalue weighted by atomic mass is 10.2. The van der Waals surface area contributed by atoms with Crippen LogP contribution in [0.2, 0.25) is 5.02 Å². The van der Waals surface area contributed by atoms with E-state index in [9.17, 15) is 9.59 Å². The highest BCUT2D eigenvalue weighted by Crippen LogP contribution is 2.22. The minimum Gasteiger partial charge on any atom is -0.450 e. The predicted octanol–water partition coefficient (Wildman–Crippen LogP) is 3.27. The molecule has 3 rings (SSSR count). The number of carbonyl (C=O) groups is 2. The lowest BCUT2D eigenvalue weighted by molar-refractivity contribution is 0.102. The molecule has 0 spiro atoms. The van der Waals surface area contributed by atoms with Gasteiger partial charge >= 0.3 is 6.09 Å². The Balaban J connectivity index is 1.65. The van der Waals surface area contributed by atoms with Crippen molar-refractivity contribution in [2.75, 3.05) is 43.0 Å². The van der Waals surface area contributed by atoms with Crippen molar-refractivity contribution in [2.24, 2.45) is 0 Å². The molecule has 1 fully saturated rings. The Morgan fingerprint density at radius 1 is 1.19 bits per heavy atom. The van der Waals surface area contributed by atoms with Crippen molar-refractivity contribution in [1.82, 2.24) is 9.88 Å². The summed E-state index contributed by atoms with van der Waals surface area (Å²) in [7, 11) is 0. The molecule has 1 aliphatic rings. The molecule has 1 aromatic heterocycles. The summed E-state index contributed by atoms with van der Waals surface area (Å²) in [5.41, 5.74) is 1.73. The van der Waals surface area contributed by atoms with Gasteiger partial charge in [-0.3, -0.25) is 9.78 Å². The highest BCUT2D eigenvalue weighted by atomic mass is 35.5. The molecular weight excluding hydrogens is 368 g/mol. The molecule has 0 atom stereocenters. The highest BCUT2D eigenvalue weighted by Gasteiger charge is 2.22. The van der Waals surface area contributed by atoms with E-state index in [0.717, 1.165) is 5.69 Å². The number of hydrogen-bond acceptors (Lipinski definition) is 5. The van der Waals surface area contributed by atoms with Crippen molar-refractivity contribution in [2.45, 2.75) is 6.92 Å². The van der Waals surface area contributed by atoms with Gasteiger partial charge in [-0.05, 0) is 31.2 Å². The maximum Gasteiger partial charge on any atom is 0.409 e. The first kappa shape index (κ1) is 19.0. The normalized spacial score (nSPS) is 14.0. The summed E-state index contributed by atoms with van der Waals surface area (Å²) in [5, 5.41) is 3.24. The first-order valence-corrected chi connectivity index (χ1v) is 9.15. The van der Waals surface area contributed by atoms with Crippen LogP contribution < -0.4 is 10.2 Å². The molecule has 2 heterocycles. The fraction of sp³-hybridized carbons (Fsp3) is 0.316. The largest absolute Gasteiger partial charge is 0.450 e. The molecule has 1 aliphatic heterocycles. The van der Waals surface area contributed by atoms with Gasteiger partial charge in [0, 0.05) is 38.1 Å². The van der Waals surface area contributed by atoms with E-state index in [-0.39, 0.29) is 12.0 Å². The number of hydrogen-bond donors (Lipinski definition) is 1. The van der Waals surface area contributed by atoms with Crippen LogP contribution in [0.5, 0.6) is 0 Å². The average molecular weight is 389 g/mol. The van der Waals surface area contributed by atoms with Crippen LogP contribution >= 0.6 is 11.6 Å². The maximum absolute atomic E-state index is 12.5. The monoisotopic (exact) mass is 388 g/mol. The van der Waals surface area contributed by atoms with E-state index in [0.29, 0.717) is 49.2 Å². The van der Waals surface area contributed by atoms with Gasteiger partial charge in [0.2, 0.25) is 0 Å².